The zero-order valence-electron chi connectivity index (χ0n) is 13.6. The second-order valence-electron chi connectivity index (χ2n) is 6.29. The zero-order chi connectivity index (χ0) is 17.2. The Morgan fingerprint density at radius 2 is 1.96 bits per heavy atom. The van der Waals surface area contributed by atoms with Crippen LogP contribution in [0.3, 0.4) is 0 Å². The summed E-state index contributed by atoms with van der Waals surface area (Å²) in [4.78, 5) is 2.30. The van der Waals surface area contributed by atoms with Gasteiger partial charge in [0.05, 0.1) is 17.7 Å². The van der Waals surface area contributed by atoms with E-state index in [0.29, 0.717) is 18.4 Å². The summed E-state index contributed by atoms with van der Waals surface area (Å²) in [5.41, 5.74) is 0.932. The Labute approximate surface area is 146 Å². The normalized spacial score (nSPS) is 17.7. The highest BCUT2D eigenvalue weighted by Crippen LogP contribution is 2.35. The first-order valence-electron chi connectivity index (χ1n) is 8.03. The highest BCUT2D eigenvalue weighted by Gasteiger charge is 2.34. The van der Waals surface area contributed by atoms with E-state index in [1.165, 1.54) is 17.7 Å². The van der Waals surface area contributed by atoms with E-state index >= 15 is 0 Å². The van der Waals surface area contributed by atoms with Crippen LogP contribution in [0.2, 0.25) is 5.02 Å². The van der Waals surface area contributed by atoms with Gasteiger partial charge in [-0.15, -0.1) is 0 Å². The van der Waals surface area contributed by atoms with Gasteiger partial charge in [-0.1, -0.05) is 29.8 Å². The number of rotatable bonds is 4. The smallest absolute Gasteiger partial charge is 0.141 e. The SMILES string of the molecule is COc1cccc(CN2CCC(O)(c3ccc(F)c(Cl)c3)CC2)c1. The summed E-state index contributed by atoms with van der Waals surface area (Å²) < 4.78 is 18.6. The molecule has 0 aliphatic carbocycles. The van der Waals surface area contributed by atoms with Gasteiger partial charge in [-0.05, 0) is 48.2 Å². The molecule has 0 saturated carbocycles. The summed E-state index contributed by atoms with van der Waals surface area (Å²) >= 11 is 5.85. The first-order valence-corrected chi connectivity index (χ1v) is 8.41. The molecular formula is C19H21ClFNO2. The largest absolute Gasteiger partial charge is 0.497 e. The number of methoxy groups -OCH3 is 1. The number of nitrogens with zero attached hydrogens (tertiary/aromatic N) is 1. The zero-order valence-corrected chi connectivity index (χ0v) is 14.4. The lowest BCUT2D eigenvalue weighted by atomic mass is 9.84. The molecule has 1 N–H and O–H groups in total. The molecule has 0 atom stereocenters. The van der Waals surface area contributed by atoms with Crippen LogP contribution >= 0.6 is 11.6 Å². The van der Waals surface area contributed by atoms with E-state index in [9.17, 15) is 9.50 Å². The van der Waals surface area contributed by atoms with Gasteiger partial charge in [0, 0.05) is 19.6 Å². The fourth-order valence-corrected chi connectivity index (χ4v) is 3.36. The number of hydrogen-bond acceptors (Lipinski definition) is 3. The molecule has 3 rings (SSSR count). The third-order valence-corrected chi connectivity index (χ3v) is 4.97. The van der Waals surface area contributed by atoms with Crippen molar-refractivity contribution in [3.63, 3.8) is 0 Å². The molecule has 1 heterocycles. The quantitative estimate of drug-likeness (QED) is 0.906. The van der Waals surface area contributed by atoms with Crippen molar-refractivity contribution in [1.29, 1.82) is 0 Å². The predicted molar refractivity (Wildman–Crippen MR) is 92.8 cm³/mol. The number of likely N-dealkylation sites (tertiary alicyclic amines) is 1. The van der Waals surface area contributed by atoms with E-state index in [-0.39, 0.29) is 5.02 Å². The molecular weight excluding hydrogens is 329 g/mol. The number of hydrogen-bond donors (Lipinski definition) is 1. The lowest BCUT2D eigenvalue weighted by molar-refractivity contribution is -0.0277. The van der Waals surface area contributed by atoms with Crippen molar-refractivity contribution in [3.05, 3.63) is 64.4 Å². The number of aliphatic hydroxyl groups is 1. The van der Waals surface area contributed by atoms with Crippen molar-refractivity contribution in [2.75, 3.05) is 20.2 Å². The molecule has 1 saturated heterocycles. The van der Waals surface area contributed by atoms with E-state index in [0.717, 1.165) is 25.4 Å². The Bertz CT molecular complexity index is 714. The number of piperidine rings is 1. The molecule has 2 aromatic carbocycles. The van der Waals surface area contributed by atoms with Gasteiger partial charge in [0.25, 0.3) is 0 Å². The lowest BCUT2D eigenvalue weighted by Gasteiger charge is -2.38. The fourth-order valence-electron chi connectivity index (χ4n) is 3.18. The van der Waals surface area contributed by atoms with Crippen LogP contribution in [0.1, 0.15) is 24.0 Å². The van der Waals surface area contributed by atoms with Crippen LogP contribution in [0, 0.1) is 5.82 Å². The Morgan fingerprint density at radius 1 is 1.21 bits per heavy atom. The maximum atomic E-state index is 13.3. The van der Waals surface area contributed by atoms with Crippen LogP contribution in [0.5, 0.6) is 5.75 Å². The van der Waals surface area contributed by atoms with E-state index < -0.39 is 11.4 Å². The first kappa shape index (κ1) is 17.2. The molecule has 1 aliphatic rings. The standard InChI is InChI=1S/C19H21ClFNO2/c1-24-16-4-2-3-14(11-16)13-22-9-7-19(23,8-10-22)15-5-6-18(21)17(20)12-15/h2-6,11-12,23H,7-10,13H2,1H3. The topological polar surface area (TPSA) is 32.7 Å². The van der Waals surface area contributed by atoms with Crippen LogP contribution in [-0.4, -0.2) is 30.2 Å². The van der Waals surface area contributed by atoms with Crippen LogP contribution < -0.4 is 4.74 Å². The minimum Gasteiger partial charge on any atom is -0.497 e. The van der Waals surface area contributed by atoms with Crippen LogP contribution in [0.4, 0.5) is 4.39 Å². The van der Waals surface area contributed by atoms with Crippen LogP contribution in [0.25, 0.3) is 0 Å². The van der Waals surface area contributed by atoms with Gasteiger partial charge in [0.15, 0.2) is 0 Å². The molecule has 24 heavy (non-hydrogen) atoms. The Kier molecular flexibility index (Phi) is 5.09. The molecule has 0 spiro atoms. The van der Waals surface area contributed by atoms with E-state index in [2.05, 4.69) is 11.0 Å². The molecule has 0 bridgehead atoms. The summed E-state index contributed by atoms with van der Waals surface area (Å²) in [6.45, 7) is 2.35. The summed E-state index contributed by atoms with van der Waals surface area (Å²) in [5, 5.41) is 11.0. The Balaban J connectivity index is 1.65. The van der Waals surface area contributed by atoms with Gasteiger partial charge in [0.2, 0.25) is 0 Å². The third-order valence-electron chi connectivity index (χ3n) is 4.68. The minimum atomic E-state index is -0.942. The van der Waals surface area contributed by atoms with Crippen molar-refractivity contribution < 1.29 is 14.2 Å². The summed E-state index contributed by atoms with van der Waals surface area (Å²) in [6, 6.07) is 12.5. The minimum absolute atomic E-state index is 0.0553. The molecule has 5 heteroatoms. The van der Waals surface area contributed by atoms with Gasteiger partial charge in [-0.25, -0.2) is 4.39 Å². The average molecular weight is 350 g/mol. The van der Waals surface area contributed by atoms with Gasteiger partial charge < -0.3 is 9.84 Å². The molecule has 128 valence electrons. The number of benzene rings is 2. The van der Waals surface area contributed by atoms with E-state index in [4.69, 9.17) is 16.3 Å². The second kappa shape index (κ2) is 7.09. The predicted octanol–water partition coefficient (Wildman–Crippen LogP) is 3.97. The highest BCUT2D eigenvalue weighted by molar-refractivity contribution is 6.30. The monoisotopic (exact) mass is 349 g/mol. The van der Waals surface area contributed by atoms with Crippen LogP contribution in [0.15, 0.2) is 42.5 Å². The maximum Gasteiger partial charge on any atom is 0.141 e. The van der Waals surface area contributed by atoms with Gasteiger partial charge in [-0.3, -0.25) is 4.90 Å². The van der Waals surface area contributed by atoms with Crippen molar-refractivity contribution >= 4 is 11.6 Å². The molecule has 0 amide bonds. The summed E-state index contributed by atoms with van der Waals surface area (Å²) in [6.07, 6.45) is 1.19. The summed E-state index contributed by atoms with van der Waals surface area (Å²) in [5.74, 6) is 0.390. The maximum absolute atomic E-state index is 13.3. The molecule has 1 aliphatic heterocycles. The van der Waals surface area contributed by atoms with Gasteiger partial charge in [-0.2, -0.15) is 0 Å². The molecule has 0 aromatic heterocycles. The first-order chi connectivity index (χ1) is 11.5. The highest BCUT2D eigenvalue weighted by atomic mass is 35.5. The van der Waals surface area contributed by atoms with Gasteiger partial charge in [0.1, 0.15) is 11.6 Å². The van der Waals surface area contributed by atoms with Crippen molar-refractivity contribution in [2.45, 2.75) is 25.0 Å². The molecule has 0 radical (unpaired) electrons. The number of halogens is 2. The Hall–Kier alpha value is -1.62. The van der Waals surface area contributed by atoms with Gasteiger partial charge >= 0.3 is 0 Å². The lowest BCUT2D eigenvalue weighted by Crippen LogP contribution is -2.42. The van der Waals surface area contributed by atoms with E-state index in [1.54, 1.807) is 13.2 Å². The third kappa shape index (κ3) is 3.72. The second-order valence-corrected chi connectivity index (χ2v) is 6.70. The fraction of sp³-hybridized carbons (Fsp3) is 0.368. The number of ether oxygens (including phenoxy) is 1. The van der Waals surface area contributed by atoms with Crippen molar-refractivity contribution in [2.24, 2.45) is 0 Å². The average Bonchev–Trinajstić information content (AvgIpc) is 2.59. The van der Waals surface area contributed by atoms with Crippen molar-refractivity contribution in [1.82, 2.24) is 4.90 Å². The molecule has 3 nitrogen and oxygen atoms in total. The molecule has 0 unspecified atom stereocenters. The van der Waals surface area contributed by atoms with Crippen LogP contribution in [-0.2, 0) is 12.1 Å². The Morgan fingerprint density at radius 3 is 2.62 bits per heavy atom. The summed E-state index contributed by atoms with van der Waals surface area (Å²) in [7, 11) is 1.66. The van der Waals surface area contributed by atoms with Crippen molar-refractivity contribution in [3.8, 4) is 5.75 Å². The molecule has 1 fully saturated rings. The molecule has 2 aromatic rings. The van der Waals surface area contributed by atoms with E-state index in [1.807, 2.05) is 18.2 Å².